The summed E-state index contributed by atoms with van der Waals surface area (Å²) in [5.41, 5.74) is 1.70. The lowest BCUT2D eigenvalue weighted by Crippen LogP contribution is -2.27. The monoisotopic (exact) mass is 451 g/mol. The van der Waals surface area contributed by atoms with Gasteiger partial charge in [-0.25, -0.2) is 13.1 Å². The van der Waals surface area contributed by atoms with Crippen LogP contribution in [0.5, 0.6) is 0 Å². The number of nitriles is 1. The van der Waals surface area contributed by atoms with Crippen molar-refractivity contribution in [3.05, 3.63) is 70.0 Å². The van der Waals surface area contributed by atoms with E-state index in [1.54, 1.807) is 22.9 Å². The van der Waals surface area contributed by atoms with E-state index in [4.69, 9.17) is 27.9 Å². The molecule has 1 N–H and O–H groups in total. The van der Waals surface area contributed by atoms with Gasteiger partial charge in [0.25, 0.3) is 0 Å². The third-order valence-electron chi connectivity index (χ3n) is 4.07. The highest BCUT2D eigenvalue weighted by Gasteiger charge is 2.21. The van der Waals surface area contributed by atoms with Crippen LogP contribution in [0, 0.1) is 11.3 Å². The lowest BCUT2D eigenvalue weighted by Gasteiger charge is -2.10. The van der Waals surface area contributed by atoms with E-state index in [0.29, 0.717) is 16.6 Å². The molecule has 7 nitrogen and oxygen atoms in total. The highest BCUT2D eigenvalue weighted by Crippen LogP contribution is 2.28. The first kappa shape index (κ1) is 21.1. The number of carbonyl (C=O) groups is 1. The van der Waals surface area contributed by atoms with E-state index in [-0.39, 0.29) is 34.5 Å². The van der Waals surface area contributed by atoms with Gasteiger partial charge in [0.1, 0.15) is 17.6 Å². The second-order valence-electron chi connectivity index (χ2n) is 5.99. The number of aromatic nitrogens is 1. The highest BCUT2D eigenvalue weighted by molar-refractivity contribution is 7.89. The molecule has 0 atom stereocenters. The van der Waals surface area contributed by atoms with Gasteiger partial charge in [0.05, 0.1) is 27.5 Å². The van der Waals surface area contributed by atoms with Crippen LogP contribution in [-0.2, 0) is 26.2 Å². The number of halogens is 2. The molecule has 0 aliphatic rings. The smallest absolute Gasteiger partial charge is 0.307 e. The average molecular weight is 452 g/mol. The summed E-state index contributed by atoms with van der Waals surface area (Å²) in [6.07, 6.45) is 3.30. The number of benzene rings is 1. The number of nitrogens with one attached hydrogen (secondary N) is 1. The number of sulfonamides is 1. The first-order valence-electron chi connectivity index (χ1n) is 8.41. The molecule has 0 aliphatic heterocycles. The van der Waals surface area contributed by atoms with Crippen molar-refractivity contribution in [3.8, 4) is 6.07 Å². The fourth-order valence-corrected chi connectivity index (χ4v) is 4.92. The summed E-state index contributed by atoms with van der Waals surface area (Å²) in [5, 5.41) is 9.32. The van der Waals surface area contributed by atoms with Crippen molar-refractivity contribution >= 4 is 44.7 Å². The fraction of sp³-hybridized carbons (Fsp3) is 0.158. The van der Waals surface area contributed by atoms with E-state index in [9.17, 15) is 18.5 Å². The average Bonchev–Trinajstić information content (AvgIpc) is 3.03. The number of nitrogens with zero attached hydrogens (tertiary/aromatic N) is 2. The summed E-state index contributed by atoms with van der Waals surface area (Å²) in [6, 6.07) is 11.9. The molecule has 10 heteroatoms. The largest absolute Gasteiger partial charge is 0.461 e. The number of rotatable bonds is 7. The van der Waals surface area contributed by atoms with E-state index in [0.717, 1.165) is 0 Å². The zero-order valence-electron chi connectivity index (χ0n) is 14.9. The number of hydrogen-bond acceptors (Lipinski definition) is 5. The number of hydrogen-bond donors (Lipinski definition) is 1. The molecule has 0 fully saturated rings. The molecule has 0 amide bonds. The maximum atomic E-state index is 12.3. The van der Waals surface area contributed by atoms with E-state index < -0.39 is 16.0 Å². The first-order chi connectivity index (χ1) is 13.8. The molecule has 0 spiro atoms. The van der Waals surface area contributed by atoms with E-state index in [1.165, 1.54) is 18.2 Å². The van der Waals surface area contributed by atoms with Gasteiger partial charge in [0.2, 0.25) is 10.0 Å². The second kappa shape index (κ2) is 8.84. The molecule has 1 aromatic carbocycles. The number of fused-ring (bicyclic) bond motifs is 1. The van der Waals surface area contributed by atoms with E-state index in [2.05, 4.69) is 10.8 Å². The molecule has 0 unspecified atom stereocenters. The number of carbonyl (C=O) groups excluding carboxylic acids is 1. The zero-order chi connectivity index (χ0) is 21.0. The third kappa shape index (κ3) is 4.71. The Morgan fingerprint density at radius 3 is 2.59 bits per heavy atom. The summed E-state index contributed by atoms with van der Waals surface area (Å²) in [7, 11) is -3.98. The second-order valence-corrected chi connectivity index (χ2v) is 8.51. The van der Waals surface area contributed by atoms with Crippen LogP contribution in [0.3, 0.4) is 0 Å². The molecule has 2 aromatic heterocycles. The summed E-state index contributed by atoms with van der Waals surface area (Å²) in [6.45, 7) is -0.280. The molecule has 3 rings (SSSR count). The van der Waals surface area contributed by atoms with Crippen LogP contribution >= 0.6 is 23.2 Å². The van der Waals surface area contributed by atoms with E-state index >= 15 is 0 Å². The molecule has 150 valence electrons. The maximum absolute atomic E-state index is 12.3. The Morgan fingerprint density at radius 2 is 1.90 bits per heavy atom. The third-order valence-corrected chi connectivity index (χ3v) is 6.49. The van der Waals surface area contributed by atoms with Crippen molar-refractivity contribution < 1.29 is 17.9 Å². The van der Waals surface area contributed by atoms with Gasteiger partial charge in [-0.1, -0.05) is 35.3 Å². The predicted octanol–water partition coefficient (Wildman–Crippen LogP) is 3.53. The van der Waals surface area contributed by atoms with Crippen LogP contribution in [0.15, 0.2) is 53.7 Å². The van der Waals surface area contributed by atoms with Crippen molar-refractivity contribution in [2.75, 3.05) is 6.54 Å². The van der Waals surface area contributed by atoms with Crippen LogP contribution in [0.2, 0.25) is 10.0 Å². The van der Waals surface area contributed by atoms with Crippen LogP contribution in [0.25, 0.3) is 5.52 Å². The van der Waals surface area contributed by atoms with Crippen LogP contribution < -0.4 is 4.72 Å². The molecule has 0 aliphatic carbocycles. The number of ether oxygens (including phenoxy) is 1. The summed E-state index contributed by atoms with van der Waals surface area (Å²) >= 11 is 11.8. The fourth-order valence-electron chi connectivity index (χ4n) is 2.75. The van der Waals surface area contributed by atoms with Crippen LogP contribution in [0.4, 0.5) is 0 Å². The Labute approximate surface area is 177 Å². The molecule has 0 radical (unpaired) electrons. The molecule has 0 bridgehead atoms. The lowest BCUT2D eigenvalue weighted by atomic mass is 10.2. The highest BCUT2D eigenvalue weighted by atomic mass is 35.5. The van der Waals surface area contributed by atoms with Crippen molar-refractivity contribution in [1.29, 1.82) is 5.26 Å². The maximum Gasteiger partial charge on any atom is 0.307 e. The summed E-state index contributed by atoms with van der Waals surface area (Å²) in [5.74, 6) is -0.614. The number of esters is 1. The Bertz CT molecular complexity index is 1200. The quantitative estimate of drug-likeness (QED) is 0.553. The number of pyridine rings is 1. The summed E-state index contributed by atoms with van der Waals surface area (Å²) in [4.78, 5) is 11.7. The first-order valence-corrected chi connectivity index (χ1v) is 10.7. The van der Waals surface area contributed by atoms with Gasteiger partial charge in [-0.2, -0.15) is 5.26 Å². The van der Waals surface area contributed by atoms with Crippen molar-refractivity contribution in [3.63, 3.8) is 0 Å². The molecule has 2 heterocycles. The van der Waals surface area contributed by atoms with Gasteiger partial charge in [-0.3, -0.25) is 4.79 Å². The molecular weight excluding hydrogens is 437 g/mol. The molecule has 0 saturated carbocycles. The molecule has 0 saturated heterocycles. The van der Waals surface area contributed by atoms with Gasteiger partial charge in [0.15, 0.2) is 0 Å². The Hall–Kier alpha value is -2.57. The van der Waals surface area contributed by atoms with Crippen molar-refractivity contribution in [2.45, 2.75) is 17.9 Å². The van der Waals surface area contributed by atoms with Crippen molar-refractivity contribution in [1.82, 2.24) is 9.12 Å². The van der Waals surface area contributed by atoms with Gasteiger partial charge in [-0.15, -0.1) is 0 Å². The summed E-state index contributed by atoms with van der Waals surface area (Å²) < 4.78 is 33.9. The van der Waals surface area contributed by atoms with Crippen LogP contribution in [-0.4, -0.2) is 25.3 Å². The minimum Gasteiger partial charge on any atom is -0.461 e. The van der Waals surface area contributed by atoms with Gasteiger partial charge in [-0.05, 0) is 24.3 Å². The SMILES string of the molecule is N#Cc1c(COC(=O)CCNS(=O)(=O)c2c(Cl)cccc2Cl)cn2ccccc12. The van der Waals surface area contributed by atoms with Gasteiger partial charge >= 0.3 is 5.97 Å². The zero-order valence-corrected chi connectivity index (χ0v) is 17.3. The molecule has 3 aromatic rings. The normalized spacial score (nSPS) is 11.3. The molecule has 29 heavy (non-hydrogen) atoms. The topological polar surface area (TPSA) is 101 Å². The standard InChI is InChI=1S/C19H15Cl2N3O4S/c20-15-4-3-5-16(21)19(15)29(26,27)23-8-7-18(25)28-12-13-11-24-9-2-1-6-17(24)14(13)10-22/h1-6,9,11,23H,7-8,12H2. The Kier molecular flexibility index (Phi) is 6.45. The Morgan fingerprint density at radius 1 is 1.17 bits per heavy atom. The van der Waals surface area contributed by atoms with Gasteiger partial charge < -0.3 is 9.14 Å². The Balaban J connectivity index is 1.58. The molecular formula is C19H15Cl2N3O4S. The minimum atomic E-state index is -3.98. The van der Waals surface area contributed by atoms with Gasteiger partial charge in [0, 0.05) is 24.5 Å². The predicted molar refractivity (Wildman–Crippen MR) is 108 cm³/mol. The van der Waals surface area contributed by atoms with E-state index in [1.807, 2.05) is 12.1 Å². The lowest BCUT2D eigenvalue weighted by molar-refractivity contribution is -0.144. The van der Waals surface area contributed by atoms with Crippen LogP contribution in [0.1, 0.15) is 17.5 Å². The minimum absolute atomic E-state index is 0.0163. The van der Waals surface area contributed by atoms with Crippen molar-refractivity contribution in [2.24, 2.45) is 0 Å².